The number of nitrogen functional groups attached to an aromatic ring is 1. The van der Waals surface area contributed by atoms with Gasteiger partial charge in [0.05, 0.1) is 0 Å². The molecule has 2 aromatic carbocycles. The SMILES string of the molecule is CCCN(CCCCc1ccccc1)CCc1cccc(N)c1. The molecule has 0 aliphatic carbocycles. The molecule has 0 aliphatic rings. The van der Waals surface area contributed by atoms with E-state index in [4.69, 9.17) is 5.73 Å². The molecule has 0 spiro atoms. The Bertz CT molecular complexity index is 551. The summed E-state index contributed by atoms with van der Waals surface area (Å²) in [7, 11) is 0. The van der Waals surface area contributed by atoms with Crippen LogP contribution in [0.2, 0.25) is 0 Å². The van der Waals surface area contributed by atoms with Gasteiger partial charge >= 0.3 is 0 Å². The summed E-state index contributed by atoms with van der Waals surface area (Å²) in [6.07, 6.45) is 6.03. The zero-order valence-corrected chi connectivity index (χ0v) is 14.4. The van der Waals surface area contributed by atoms with Crippen molar-refractivity contribution in [3.63, 3.8) is 0 Å². The molecule has 0 heterocycles. The highest BCUT2D eigenvalue weighted by atomic mass is 15.1. The normalized spacial score (nSPS) is 11.0. The molecule has 2 N–H and O–H groups in total. The average molecular weight is 310 g/mol. The molecule has 2 nitrogen and oxygen atoms in total. The summed E-state index contributed by atoms with van der Waals surface area (Å²) in [5.41, 5.74) is 9.53. The van der Waals surface area contributed by atoms with Crippen LogP contribution < -0.4 is 5.73 Å². The minimum absolute atomic E-state index is 0.868. The summed E-state index contributed by atoms with van der Waals surface area (Å²) >= 11 is 0. The maximum Gasteiger partial charge on any atom is 0.0316 e. The van der Waals surface area contributed by atoms with Crippen LogP contribution in [0.5, 0.6) is 0 Å². The van der Waals surface area contributed by atoms with Crippen LogP contribution in [-0.4, -0.2) is 24.5 Å². The van der Waals surface area contributed by atoms with E-state index < -0.39 is 0 Å². The first-order valence-corrected chi connectivity index (χ1v) is 8.88. The van der Waals surface area contributed by atoms with Gasteiger partial charge in [0.25, 0.3) is 0 Å². The van der Waals surface area contributed by atoms with E-state index in [0.29, 0.717) is 0 Å². The van der Waals surface area contributed by atoms with Gasteiger partial charge in [-0.2, -0.15) is 0 Å². The standard InChI is InChI=1S/C21H30N2/c1-2-15-23(17-14-20-12-8-13-21(22)18-20)16-7-6-11-19-9-4-3-5-10-19/h3-5,8-10,12-13,18H,2,6-7,11,14-17,22H2,1H3. The monoisotopic (exact) mass is 310 g/mol. The third kappa shape index (κ3) is 6.87. The molecule has 0 aromatic heterocycles. The number of aryl methyl sites for hydroxylation is 1. The molecule has 2 aromatic rings. The molecule has 0 saturated heterocycles. The second-order valence-electron chi connectivity index (χ2n) is 6.28. The number of nitrogens with two attached hydrogens (primary N) is 1. The molecule has 0 saturated carbocycles. The quantitative estimate of drug-likeness (QED) is 0.515. The van der Waals surface area contributed by atoms with Gasteiger partial charge in [-0.3, -0.25) is 0 Å². The van der Waals surface area contributed by atoms with Crippen LogP contribution in [0, 0.1) is 0 Å². The number of anilines is 1. The van der Waals surface area contributed by atoms with Crippen molar-refractivity contribution in [2.45, 2.75) is 39.0 Å². The summed E-state index contributed by atoms with van der Waals surface area (Å²) in [5, 5.41) is 0. The van der Waals surface area contributed by atoms with Gasteiger partial charge in [-0.05, 0) is 68.5 Å². The Morgan fingerprint density at radius 3 is 2.30 bits per heavy atom. The number of nitrogens with zero attached hydrogens (tertiary/aromatic N) is 1. The van der Waals surface area contributed by atoms with Gasteiger partial charge in [-0.15, -0.1) is 0 Å². The zero-order chi connectivity index (χ0) is 16.3. The van der Waals surface area contributed by atoms with Crippen molar-refractivity contribution in [3.05, 3.63) is 65.7 Å². The predicted octanol–water partition coefficient (Wildman–Crippen LogP) is 4.55. The van der Waals surface area contributed by atoms with Gasteiger partial charge < -0.3 is 10.6 Å². The molecule has 0 aliphatic heterocycles. The largest absolute Gasteiger partial charge is 0.399 e. The van der Waals surface area contributed by atoms with E-state index in [9.17, 15) is 0 Å². The van der Waals surface area contributed by atoms with E-state index in [1.807, 2.05) is 6.07 Å². The Morgan fingerprint density at radius 1 is 0.783 bits per heavy atom. The van der Waals surface area contributed by atoms with Crippen molar-refractivity contribution in [3.8, 4) is 0 Å². The second kappa shape index (κ2) is 10.1. The molecular formula is C21H30N2. The maximum atomic E-state index is 5.86. The van der Waals surface area contributed by atoms with Crippen LogP contribution in [0.1, 0.15) is 37.3 Å². The van der Waals surface area contributed by atoms with Gasteiger partial charge in [-0.25, -0.2) is 0 Å². The highest BCUT2D eigenvalue weighted by Crippen LogP contribution is 2.09. The van der Waals surface area contributed by atoms with Gasteiger partial charge in [0.1, 0.15) is 0 Å². The molecule has 0 radical (unpaired) electrons. The highest BCUT2D eigenvalue weighted by molar-refractivity contribution is 5.40. The minimum atomic E-state index is 0.868. The number of unbranched alkanes of at least 4 members (excludes halogenated alkanes) is 1. The van der Waals surface area contributed by atoms with E-state index in [0.717, 1.165) is 18.7 Å². The molecule has 0 atom stereocenters. The fourth-order valence-electron chi connectivity index (χ4n) is 3.00. The van der Waals surface area contributed by atoms with Gasteiger partial charge in [-0.1, -0.05) is 49.4 Å². The molecule has 2 heteroatoms. The first-order chi connectivity index (χ1) is 11.3. The fraction of sp³-hybridized carbons (Fsp3) is 0.429. The highest BCUT2D eigenvalue weighted by Gasteiger charge is 2.04. The number of hydrogen-bond donors (Lipinski definition) is 1. The van der Waals surface area contributed by atoms with Crippen LogP contribution in [0.4, 0.5) is 5.69 Å². The van der Waals surface area contributed by atoms with Gasteiger partial charge in [0, 0.05) is 12.2 Å². The van der Waals surface area contributed by atoms with E-state index in [-0.39, 0.29) is 0 Å². The van der Waals surface area contributed by atoms with Crippen molar-refractivity contribution in [1.29, 1.82) is 0 Å². The summed E-state index contributed by atoms with van der Waals surface area (Å²) in [5.74, 6) is 0. The van der Waals surface area contributed by atoms with E-state index in [1.54, 1.807) is 0 Å². The maximum absolute atomic E-state index is 5.86. The number of rotatable bonds is 10. The Balaban J connectivity index is 1.70. The molecule has 124 valence electrons. The first-order valence-electron chi connectivity index (χ1n) is 8.88. The third-order valence-corrected chi connectivity index (χ3v) is 4.24. The lowest BCUT2D eigenvalue weighted by Crippen LogP contribution is -2.28. The van der Waals surface area contributed by atoms with Gasteiger partial charge in [0.15, 0.2) is 0 Å². The Morgan fingerprint density at radius 2 is 1.57 bits per heavy atom. The van der Waals surface area contributed by atoms with Crippen molar-refractivity contribution in [1.82, 2.24) is 4.90 Å². The molecule has 2 rings (SSSR count). The molecule has 0 fully saturated rings. The van der Waals surface area contributed by atoms with Crippen LogP contribution in [0.15, 0.2) is 54.6 Å². The topological polar surface area (TPSA) is 29.3 Å². The lowest BCUT2D eigenvalue weighted by Gasteiger charge is -2.21. The van der Waals surface area contributed by atoms with E-state index in [1.165, 1.54) is 49.9 Å². The van der Waals surface area contributed by atoms with Crippen molar-refractivity contribution in [2.75, 3.05) is 25.4 Å². The summed E-state index contributed by atoms with van der Waals surface area (Å²) < 4.78 is 0. The Kier molecular flexibility index (Phi) is 7.68. The van der Waals surface area contributed by atoms with Crippen LogP contribution in [0.25, 0.3) is 0 Å². The van der Waals surface area contributed by atoms with Crippen LogP contribution >= 0.6 is 0 Å². The van der Waals surface area contributed by atoms with Crippen LogP contribution in [0.3, 0.4) is 0 Å². The molecule has 0 amide bonds. The number of benzene rings is 2. The number of hydrogen-bond acceptors (Lipinski definition) is 2. The Hall–Kier alpha value is -1.80. The zero-order valence-electron chi connectivity index (χ0n) is 14.4. The fourth-order valence-corrected chi connectivity index (χ4v) is 3.00. The van der Waals surface area contributed by atoms with Crippen molar-refractivity contribution >= 4 is 5.69 Å². The Labute approximate surface area is 141 Å². The lowest BCUT2D eigenvalue weighted by molar-refractivity contribution is 0.272. The van der Waals surface area contributed by atoms with Crippen molar-refractivity contribution in [2.24, 2.45) is 0 Å². The third-order valence-electron chi connectivity index (χ3n) is 4.24. The summed E-state index contributed by atoms with van der Waals surface area (Å²) in [6.45, 7) is 5.77. The molecule has 0 bridgehead atoms. The van der Waals surface area contributed by atoms with Crippen LogP contribution in [-0.2, 0) is 12.8 Å². The van der Waals surface area contributed by atoms with Gasteiger partial charge in [0.2, 0.25) is 0 Å². The minimum Gasteiger partial charge on any atom is -0.399 e. The predicted molar refractivity (Wildman–Crippen MR) is 101 cm³/mol. The molecular weight excluding hydrogens is 280 g/mol. The molecule has 23 heavy (non-hydrogen) atoms. The lowest BCUT2D eigenvalue weighted by atomic mass is 10.1. The first kappa shape index (κ1) is 17.6. The van der Waals surface area contributed by atoms with E-state index in [2.05, 4.69) is 60.4 Å². The van der Waals surface area contributed by atoms with Crippen molar-refractivity contribution < 1.29 is 0 Å². The average Bonchev–Trinajstić information content (AvgIpc) is 2.57. The second-order valence-corrected chi connectivity index (χ2v) is 6.28. The smallest absolute Gasteiger partial charge is 0.0316 e. The molecule has 0 unspecified atom stereocenters. The summed E-state index contributed by atoms with van der Waals surface area (Å²) in [6, 6.07) is 19.1. The van der Waals surface area contributed by atoms with E-state index >= 15 is 0 Å². The summed E-state index contributed by atoms with van der Waals surface area (Å²) in [4.78, 5) is 2.59.